The van der Waals surface area contributed by atoms with Gasteiger partial charge in [0.05, 0.1) is 33.2 Å². The molecule has 0 radical (unpaired) electrons. The van der Waals surface area contributed by atoms with E-state index in [0.29, 0.717) is 22.6 Å². The molecule has 0 spiro atoms. The normalized spacial score (nSPS) is 37.9. The fourth-order valence-electron chi connectivity index (χ4n) is 9.25. The summed E-state index contributed by atoms with van der Waals surface area (Å²) >= 11 is 0. The molecule has 6 rings (SSSR count). The third kappa shape index (κ3) is 9.34. The Labute approximate surface area is 318 Å². The Morgan fingerprint density at radius 1 is 0.569 bits per heavy atom. The van der Waals surface area contributed by atoms with E-state index in [1.807, 2.05) is 0 Å². The molecule has 0 aromatic heterocycles. The van der Waals surface area contributed by atoms with Crippen LogP contribution in [0.25, 0.3) is 0 Å². The van der Waals surface area contributed by atoms with Crippen molar-refractivity contribution >= 4 is 61.5 Å². The molecule has 0 bridgehead atoms. The zero-order chi connectivity index (χ0) is 37.4. The predicted octanol–water partition coefficient (Wildman–Crippen LogP) is 9.36. The number of halogens is 3. The minimum atomic E-state index is -6.09. The smallest absolute Gasteiger partial charge is 0.741 e. The molecule has 0 saturated carbocycles. The minimum absolute atomic E-state index is 0. The molecule has 292 valence electrons. The number of rotatable bonds is 4. The van der Waals surface area contributed by atoms with Crippen LogP contribution in [-0.2, 0) is 36.3 Å². The molecule has 14 heteroatoms. The van der Waals surface area contributed by atoms with Gasteiger partial charge < -0.3 is 13.7 Å². The van der Waals surface area contributed by atoms with Gasteiger partial charge in [0.1, 0.15) is 24.9 Å². The molecule has 4 aliphatic heterocycles. The summed E-state index contributed by atoms with van der Waals surface area (Å²) in [6.45, 7) is 18.6. The van der Waals surface area contributed by atoms with Gasteiger partial charge >= 0.3 is 22.6 Å². The molecular weight excluding hydrogens is 801 g/mol. The quantitative estimate of drug-likeness (QED) is 0.132. The molecule has 0 aliphatic carbocycles. The maximum absolute atomic E-state index is 13.9. The molecule has 5 nitrogen and oxygen atoms in total. The molecule has 51 heavy (non-hydrogen) atoms. The SMILES string of the molecule is CC1CCC(C)[PH+]1c1ccccc1P1(=O)C(C)CCC1C.CC1CCC(C)[PH+]1c1ccccc1P1(=O)C(C)CCC1C.O=S(=O)([O-])C(F)(F)F.[Cu+]. The average molecular weight is 859 g/mol. The van der Waals surface area contributed by atoms with Crippen molar-refractivity contribution in [3.8, 4) is 0 Å². The summed E-state index contributed by atoms with van der Waals surface area (Å²) in [4.78, 5) is 0. The van der Waals surface area contributed by atoms with Gasteiger partial charge in [-0.05, 0) is 103 Å². The first-order valence-corrected chi connectivity index (χ1v) is 26.7. The van der Waals surface area contributed by atoms with Crippen LogP contribution in [0.4, 0.5) is 13.2 Å². The van der Waals surface area contributed by atoms with Gasteiger partial charge in [-0.3, -0.25) is 0 Å². The van der Waals surface area contributed by atoms with Crippen molar-refractivity contribution in [1.82, 2.24) is 0 Å². The summed E-state index contributed by atoms with van der Waals surface area (Å²) in [7, 11) is -11.7. The minimum Gasteiger partial charge on any atom is -0.741 e. The third-order valence-corrected chi connectivity index (χ3v) is 29.3. The zero-order valence-electron chi connectivity index (χ0n) is 31.2. The summed E-state index contributed by atoms with van der Waals surface area (Å²) in [5.74, 6) is 0. The van der Waals surface area contributed by atoms with Gasteiger partial charge in [0.25, 0.3) is 0 Å². The van der Waals surface area contributed by atoms with Crippen molar-refractivity contribution in [1.29, 1.82) is 0 Å². The fraction of sp³-hybridized carbons (Fsp3) is 0.676. The largest absolute Gasteiger partial charge is 1.00 e. The van der Waals surface area contributed by atoms with E-state index in [1.54, 1.807) is 0 Å². The molecule has 4 heterocycles. The van der Waals surface area contributed by atoms with Crippen LogP contribution >= 0.6 is 30.1 Å². The van der Waals surface area contributed by atoms with Crippen molar-refractivity contribution in [3.05, 3.63) is 48.5 Å². The van der Waals surface area contributed by atoms with Gasteiger partial charge in [0.2, 0.25) is 0 Å². The summed E-state index contributed by atoms with van der Waals surface area (Å²) in [5, 5.41) is 5.59. The number of hydrogen-bond acceptors (Lipinski definition) is 5. The summed E-state index contributed by atoms with van der Waals surface area (Å²) in [5.41, 5.74) is -0.834. The van der Waals surface area contributed by atoms with Crippen molar-refractivity contribution in [2.75, 3.05) is 0 Å². The Morgan fingerprint density at radius 3 is 1.04 bits per heavy atom. The van der Waals surface area contributed by atoms with E-state index in [0.717, 1.165) is 48.3 Å². The summed E-state index contributed by atoms with van der Waals surface area (Å²) in [6.07, 6.45) is 10.00. The number of alkyl halides is 3. The summed E-state index contributed by atoms with van der Waals surface area (Å²) < 4.78 is 86.7. The topological polar surface area (TPSA) is 91.3 Å². The average Bonchev–Trinajstić information content (AvgIpc) is 3.74. The number of hydrogen-bond donors (Lipinski definition) is 0. The first-order chi connectivity index (χ1) is 23.2. The molecule has 0 N–H and O–H groups in total. The van der Waals surface area contributed by atoms with E-state index in [-0.39, 0.29) is 17.1 Å². The number of benzene rings is 2. The first kappa shape index (κ1) is 45.4. The first-order valence-electron chi connectivity index (χ1n) is 18.3. The van der Waals surface area contributed by atoms with Gasteiger partial charge in [-0.1, -0.05) is 52.0 Å². The third-order valence-electron chi connectivity index (χ3n) is 12.3. The van der Waals surface area contributed by atoms with Crippen molar-refractivity contribution in [2.24, 2.45) is 0 Å². The molecule has 4 saturated heterocycles. The second-order valence-corrected chi connectivity index (χ2v) is 31.1. The van der Waals surface area contributed by atoms with Crippen LogP contribution in [0.1, 0.15) is 107 Å². The molecule has 2 aromatic rings. The van der Waals surface area contributed by atoms with Crippen LogP contribution in [0.5, 0.6) is 0 Å². The fourth-order valence-corrected chi connectivity index (χ4v) is 25.7. The second kappa shape index (κ2) is 17.8. The van der Waals surface area contributed by atoms with E-state index in [1.165, 1.54) is 46.9 Å². The van der Waals surface area contributed by atoms with Gasteiger partial charge in [-0.15, -0.1) is 0 Å². The Balaban J connectivity index is 0.000000225. The van der Waals surface area contributed by atoms with Gasteiger partial charge in [0.15, 0.2) is 10.1 Å². The Hall–Kier alpha value is -0.0205. The van der Waals surface area contributed by atoms with Crippen LogP contribution in [0.2, 0.25) is 0 Å². The maximum atomic E-state index is 13.9. The molecule has 0 amide bonds. The van der Waals surface area contributed by atoms with E-state index in [2.05, 4.69) is 104 Å². The predicted molar refractivity (Wildman–Crippen MR) is 212 cm³/mol. The van der Waals surface area contributed by atoms with Crippen molar-refractivity contribution in [2.45, 2.75) is 158 Å². The van der Waals surface area contributed by atoms with Crippen LogP contribution in [0.3, 0.4) is 0 Å². The van der Waals surface area contributed by atoms with E-state index < -0.39 is 45.8 Å². The Kier molecular flexibility index (Phi) is 15.9. The molecule has 4 aliphatic rings. The molecular formula is C37H58CuF3O5P4S+2. The van der Waals surface area contributed by atoms with E-state index in [9.17, 15) is 22.3 Å². The van der Waals surface area contributed by atoms with Crippen LogP contribution in [0, 0.1) is 0 Å². The Morgan fingerprint density at radius 2 is 0.804 bits per heavy atom. The van der Waals surface area contributed by atoms with E-state index in [4.69, 9.17) is 13.0 Å². The maximum Gasteiger partial charge on any atom is 1.00 e. The zero-order valence-corrected chi connectivity index (χ0v) is 36.7. The van der Waals surface area contributed by atoms with E-state index >= 15 is 0 Å². The van der Waals surface area contributed by atoms with Gasteiger partial charge in [-0.2, -0.15) is 13.2 Å². The van der Waals surface area contributed by atoms with Crippen molar-refractivity contribution < 1.29 is 52.3 Å². The standard InChI is InChI=1S/2C18H28OP2.CHF3O3S.Cu/c2*1-13-9-10-14(2)20(13)17-7-5-6-8-18(17)21(19)15(3)11-12-16(21)4;2-1(3,4)8(5,6)7;/h2*5-8,13-16H,9-12H2,1-4H3;(H,5,6,7);/q;;;+1/p+1. The molecule has 8 unspecified atom stereocenters. The van der Waals surface area contributed by atoms with Crippen molar-refractivity contribution in [3.63, 3.8) is 0 Å². The monoisotopic (exact) mass is 858 g/mol. The molecule has 4 fully saturated rings. The van der Waals surface area contributed by atoms with Gasteiger partial charge in [-0.25, -0.2) is 8.42 Å². The molecule has 2 aromatic carbocycles. The molecule has 8 atom stereocenters. The van der Waals surface area contributed by atoms with Crippen LogP contribution in [0.15, 0.2) is 48.5 Å². The summed E-state index contributed by atoms with van der Waals surface area (Å²) in [6, 6.07) is 17.6. The van der Waals surface area contributed by atoms with Gasteiger partial charge in [0, 0.05) is 38.5 Å². The van der Waals surface area contributed by atoms with Crippen LogP contribution in [-0.4, -0.2) is 63.8 Å². The Bertz CT molecular complexity index is 1540. The second-order valence-electron chi connectivity index (χ2n) is 15.6. The van der Waals surface area contributed by atoms with Crippen LogP contribution < -0.4 is 21.2 Å².